The molecule has 0 aliphatic carbocycles. The van der Waals surface area contributed by atoms with Gasteiger partial charge >= 0.3 is 11.9 Å². The molecule has 142 valence electrons. The molecule has 1 fully saturated rings. The van der Waals surface area contributed by atoms with Crippen molar-refractivity contribution in [2.75, 3.05) is 26.8 Å². The van der Waals surface area contributed by atoms with Gasteiger partial charge in [0.05, 0.1) is 19.6 Å². The minimum Gasteiger partial charge on any atom is -0.468 e. The van der Waals surface area contributed by atoms with Crippen molar-refractivity contribution in [3.8, 4) is 0 Å². The molecule has 26 heavy (non-hydrogen) atoms. The largest absolute Gasteiger partial charge is 0.468 e. The van der Waals surface area contributed by atoms with Crippen LogP contribution in [0.25, 0.3) is 0 Å². The van der Waals surface area contributed by atoms with Crippen molar-refractivity contribution >= 4 is 29.3 Å². The standard InChI is InChI=1S/C19H24ClNO5/c1-4-26-18(23)12(2)14-11-21(10-9-16(14)22)17(19(24)25-3)13-7-5-6-8-15(13)20/h5-8,12,14,17H,4,9-11H2,1-3H3/t12?,14?,17-/m0/s1. The van der Waals surface area contributed by atoms with Gasteiger partial charge in [-0.25, -0.2) is 4.79 Å². The van der Waals surface area contributed by atoms with Crippen LogP contribution in [0.1, 0.15) is 31.9 Å². The summed E-state index contributed by atoms with van der Waals surface area (Å²) in [6, 6.07) is 6.33. The van der Waals surface area contributed by atoms with E-state index in [-0.39, 0.29) is 25.4 Å². The van der Waals surface area contributed by atoms with Gasteiger partial charge in [0, 0.05) is 30.5 Å². The molecular weight excluding hydrogens is 358 g/mol. The molecule has 0 saturated carbocycles. The Balaban J connectivity index is 2.29. The average molecular weight is 382 g/mol. The van der Waals surface area contributed by atoms with Gasteiger partial charge in [0.15, 0.2) is 0 Å². The van der Waals surface area contributed by atoms with E-state index in [4.69, 9.17) is 21.1 Å². The summed E-state index contributed by atoms with van der Waals surface area (Å²) >= 11 is 6.28. The smallest absolute Gasteiger partial charge is 0.327 e. The highest BCUT2D eigenvalue weighted by molar-refractivity contribution is 6.31. The Bertz CT molecular complexity index is 678. The van der Waals surface area contributed by atoms with E-state index in [9.17, 15) is 14.4 Å². The summed E-state index contributed by atoms with van der Waals surface area (Å²) in [5, 5.41) is 0.454. The lowest BCUT2D eigenvalue weighted by Crippen LogP contribution is -2.48. The zero-order valence-electron chi connectivity index (χ0n) is 15.2. The van der Waals surface area contributed by atoms with E-state index in [2.05, 4.69) is 0 Å². The summed E-state index contributed by atoms with van der Waals surface area (Å²) < 4.78 is 10.0. The molecule has 1 heterocycles. The van der Waals surface area contributed by atoms with Crippen molar-refractivity contribution in [3.63, 3.8) is 0 Å². The molecule has 2 unspecified atom stereocenters. The predicted octanol–water partition coefficient (Wildman–Crippen LogP) is 2.64. The monoisotopic (exact) mass is 381 g/mol. The van der Waals surface area contributed by atoms with Crippen LogP contribution in [0.4, 0.5) is 0 Å². The van der Waals surface area contributed by atoms with E-state index >= 15 is 0 Å². The maximum absolute atomic E-state index is 12.5. The van der Waals surface area contributed by atoms with Gasteiger partial charge in [-0.3, -0.25) is 14.5 Å². The Morgan fingerprint density at radius 2 is 2.00 bits per heavy atom. The predicted molar refractivity (Wildman–Crippen MR) is 96.7 cm³/mol. The van der Waals surface area contributed by atoms with E-state index in [1.165, 1.54) is 7.11 Å². The van der Waals surface area contributed by atoms with Crippen molar-refractivity contribution in [2.45, 2.75) is 26.3 Å². The molecule has 7 heteroatoms. The molecule has 0 N–H and O–H groups in total. The molecule has 3 atom stereocenters. The fourth-order valence-electron chi connectivity index (χ4n) is 3.28. The van der Waals surface area contributed by atoms with Gasteiger partial charge in [-0.2, -0.15) is 0 Å². The number of methoxy groups -OCH3 is 1. The van der Waals surface area contributed by atoms with Crippen LogP contribution in [-0.2, 0) is 23.9 Å². The maximum atomic E-state index is 12.5. The third-order valence-corrected chi connectivity index (χ3v) is 5.09. The van der Waals surface area contributed by atoms with E-state index in [1.807, 2.05) is 4.90 Å². The first-order valence-electron chi connectivity index (χ1n) is 8.66. The summed E-state index contributed by atoms with van der Waals surface area (Å²) in [4.78, 5) is 38.8. The van der Waals surface area contributed by atoms with Gasteiger partial charge in [-0.1, -0.05) is 36.7 Å². The van der Waals surface area contributed by atoms with Crippen LogP contribution in [0.5, 0.6) is 0 Å². The molecule has 0 bridgehead atoms. The molecule has 1 aromatic carbocycles. The second-order valence-electron chi connectivity index (χ2n) is 6.31. The molecule has 0 aromatic heterocycles. The van der Waals surface area contributed by atoms with Gasteiger partial charge < -0.3 is 9.47 Å². The fourth-order valence-corrected chi connectivity index (χ4v) is 3.51. The molecule has 1 aliphatic heterocycles. The second-order valence-corrected chi connectivity index (χ2v) is 6.71. The van der Waals surface area contributed by atoms with Crippen molar-refractivity contribution in [2.24, 2.45) is 11.8 Å². The average Bonchev–Trinajstić information content (AvgIpc) is 2.64. The second kappa shape index (κ2) is 9.14. The highest BCUT2D eigenvalue weighted by Gasteiger charge is 2.40. The van der Waals surface area contributed by atoms with Crippen LogP contribution >= 0.6 is 11.6 Å². The summed E-state index contributed by atoms with van der Waals surface area (Å²) in [7, 11) is 1.32. The third kappa shape index (κ3) is 4.43. The number of benzene rings is 1. The Kier molecular flexibility index (Phi) is 7.17. The van der Waals surface area contributed by atoms with Crippen LogP contribution < -0.4 is 0 Å². The highest BCUT2D eigenvalue weighted by atomic mass is 35.5. The van der Waals surface area contributed by atoms with E-state index < -0.39 is 29.8 Å². The number of esters is 2. The van der Waals surface area contributed by atoms with Crippen molar-refractivity contribution < 1.29 is 23.9 Å². The number of carbonyl (C=O) groups is 3. The third-order valence-electron chi connectivity index (χ3n) is 4.74. The Labute approximate surface area is 158 Å². The number of nitrogens with zero attached hydrogens (tertiary/aromatic N) is 1. The SMILES string of the molecule is CCOC(=O)C(C)C1CN([C@H](C(=O)OC)c2ccccc2Cl)CCC1=O. The maximum Gasteiger partial charge on any atom is 0.327 e. The molecule has 1 aliphatic rings. The first kappa shape index (κ1) is 20.4. The van der Waals surface area contributed by atoms with Crippen LogP contribution in [0, 0.1) is 11.8 Å². The number of likely N-dealkylation sites (tertiary alicyclic amines) is 1. The van der Waals surface area contributed by atoms with Crippen LogP contribution in [-0.4, -0.2) is 49.4 Å². The number of carbonyl (C=O) groups excluding carboxylic acids is 3. The number of halogens is 1. The number of hydrogen-bond acceptors (Lipinski definition) is 6. The van der Waals surface area contributed by atoms with Gasteiger partial charge in [0.2, 0.25) is 0 Å². The number of ketones is 1. The quantitative estimate of drug-likeness (QED) is 0.705. The molecule has 6 nitrogen and oxygen atoms in total. The van der Waals surface area contributed by atoms with E-state index in [1.54, 1.807) is 38.1 Å². The van der Waals surface area contributed by atoms with Crippen LogP contribution in [0.15, 0.2) is 24.3 Å². The number of hydrogen-bond donors (Lipinski definition) is 0. The Hall–Kier alpha value is -1.92. The molecule has 0 radical (unpaired) electrons. The molecule has 2 rings (SSSR count). The summed E-state index contributed by atoms with van der Waals surface area (Å²) in [5.41, 5.74) is 0.623. The number of piperidine rings is 1. The topological polar surface area (TPSA) is 72.9 Å². The van der Waals surface area contributed by atoms with Crippen molar-refractivity contribution in [1.29, 1.82) is 0 Å². The molecule has 1 aromatic rings. The van der Waals surface area contributed by atoms with Crippen LogP contribution in [0.2, 0.25) is 5.02 Å². The zero-order valence-corrected chi connectivity index (χ0v) is 16.0. The fraction of sp³-hybridized carbons (Fsp3) is 0.526. The summed E-state index contributed by atoms with van der Waals surface area (Å²) in [5.74, 6) is -1.95. The molecule has 0 spiro atoms. The van der Waals surface area contributed by atoms with Crippen LogP contribution in [0.3, 0.4) is 0 Å². The molecule has 1 saturated heterocycles. The number of Topliss-reactive ketones (excluding diaryl/α,β-unsaturated/α-hetero) is 1. The Morgan fingerprint density at radius 3 is 2.62 bits per heavy atom. The minimum absolute atomic E-state index is 0.00424. The summed E-state index contributed by atoms with van der Waals surface area (Å²) in [6.07, 6.45) is 0.256. The zero-order chi connectivity index (χ0) is 19.3. The van der Waals surface area contributed by atoms with E-state index in [0.717, 1.165) is 0 Å². The summed E-state index contributed by atoms with van der Waals surface area (Å²) in [6.45, 7) is 4.34. The van der Waals surface area contributed by atoms with E-state index in [0.29, 0.717) is 17.1 Å². The van der Waals surface area contributed by atoms with Gasteiger partial charge in [0.1, 0.15) is 11.8 Å². The van der Waals surface area contributed by atoms with Crippen molar-refractivity contribution in [1.82, 2.24) is 4.90 Å². The van der Waals surface area contributed by atoms with Gasteiger partial charge in [-0.05, 0) is 18.6 Å². The normalized spacial score (nSPS) is 20.3. The number of rotatable bonds is 6. The lowest BCUT2D eigenvalue weighted by molar-refractivity contribution is -0.155. The van der Waals surface area contributed by atoms with Gasteiger partial charge in [-0.15, -0.1) is 0 Å². The van der Waals surface area contributed by atoms with Crippen molar-refractivity contribution in [3.05, 3.63) is 34.9 Å². The molecular formula is C19H24ClNO5. The first-order chi connectivity index (χ1) is 12.4. The number of ether oxygens (including phenoxy) is 2. The Morgan fingerprint density at radius 1 is 1.31 bits per heavy atom. The van der Waals surface area contributed by atoms with Gasteiger partial charge in [0.25, 0.3) is 0 Å². The lowest BCUT2D eigenvalue weighted by Gasteiger charge is -2.38. The lowest BCUT2D eigenvalue weighted by atomic mass is 9.84. The minimum atomic E-state index is -0.723. The molecule has 0 amide bonds. The highest BCUT2D eigenvalue weighted by Crippen LogP contribution is 2.33. The first-order valence-corrected chi connectivity index (χ1v) is 9.04.